The molecule has 104 valence electrons. The van der Waals surface area contributed by atoms with Gasteiger partial charge in [0.2, 0.25) is 0 Å². The summed E-state index contributed by atoms with van der Waals surface area (Å²) in [6.07, 6.45) is 2.14. The Bertz CT molecular complexity index is 589. The topological polar surface area (TPSA) is 21.3 Å². The van der Waals surface area contributed by atoms with Crippen LogP contribution in [0, 0.1) is 0 Å². The zero-order chi connectivity index (χ0) is 13.9. The number of ether oxygens (including phenoxy) is 1. The van der Waals surface area contributed by atoms with E-state index in [1.54, 1.807) is 0 Å². The molecule has 20 heavy (non-hydrogen) atoms. The molecule has 1 unspecified atom stereocenters. The van der Waals surface area contributed by atoms with Crippen LogP contribution in [-0.4, -0.2) is 6.61 Å². The number of para-hydroxylation sites is 1. The van der Waals surface area contributed by atoms with Crippen molar-refractivity contribution in [1.29, 1.82) is 0 Å². The summed E-state index contributed by atoms with van der Waals surface area (Å²) in [6, 6.07) is 15.4. The van der Waals surface area contributed by atoms with Gasteiger partial charge in [0.05, 0.1) is 12.6 Å². The van der Waals surface area contributed by atoms with Crippen molar-refractivity contribution >= 4 is 5.69 Å². The second-order valence-electron chi connectivity index (χ2n) is 5.21. The van der Waals surface area contributed by atoms with E-state index in [0.29, 0.717) is 12.6 Å². The Morgan fingerprint density at radius 3 is 2.60 bits per heavy atom. The van der Waals surface area contributed by atoms with Crippen molar-refractivity contribution in [2.45, 2.75) is 32.7 Å². The molecule has 0 saturated heterocycles. The van der Waals surface area contributed by atoms with E-state index in [-0.39, 0.29) is 0 Å². The van der Waals surface area contributed by atoms with Crippen molar-refractivity contribution in [3.8, 4) is 5.75 Å². The molecule has 0 aliphatic carbocycles. The molecule has 0 bridgehead atoms. The summed E-state index contributed by atoms with van der Waals surface area (Å²) in [6.45, 7) is 4.93. The Balaban J connectivity index is 1.81. The minimum absolute atomic E-state index is 0.383. The van der Waals surface area contributed by atoms with Crippen LogP contribution in [0.1, 0.15) is 36.6 Å². The highest BCUT2D eigenvalue weighted by molar-refractivity contribution is 5.63. The van der Waals surface area contributed by atoms with Crippen LogP contribution in [0.2, 0.25) is 0 Å². The third-order valence-corrected chi connectivity index (χ3v) is 3.95. The molecule has 1 aliphatic rings. The number of fused-ring (bicyclic) bond motifs is 1. The Labute approximate surface area is 120 Å². The van der Waals surface area contributed by atoms with Gasteiger partial charge in [-0.1, -0.05) is 37.3 Å². The predicted octanol–water partition coefficient (Wildman–Crippen LogP) is 4.36. The van der Waals surface area contributed by atoms with Gasteiger partial charge in [0.1, 0.15) is 5.75 Å². The fraction of sp³-hybridized carbons (Fsp3) is 0.333. The number of benzene rings is 2. The number of hydrogen-bond acceptors (Lipinski definition) is 2. The van der Waals surface area contributed by atoms with E-state index in [0.717, 1.165) is 18.6 Å². The molecule has 1 N–H and O–H groups in total. The first kappa shape index (κ1) is 13.0. The van der Waals surface area contributed by atoms with Gasteiger partial charge in [0, 0.05) is 5.69 Å². The van der Waals surface area contributed by atoms with E-state index >= 15 is 0 Å². The van der Waals surface area contributed by atoms with Gasteiger partial charge in [-0.25, -0.2) is 0 Å². The normalized spacial score (nSPS) is 16.6. The van der Waals surface area contributed by atoms with Crippen molar-refractivity contribution in [3.05, 3.63) is 59.2 Å². The Morgan fingerprint density at radius 1 is 1.10 bits per heavy atom. The summed E-state index contributed by atoms with van der Waals surface area (Å²) in [5.41, 5.74) is 5.51. The highest BCUT2D eigenvalue weighted by atomic mass is 16.5. The van der Waals surface area contributed by atoms with Gasteiger partial charge >= 0.3 is 0 Å². The first-order valence-electron chi connectivity index (χ1n) is 7.42. The van der Waals surface area contributed by atoms with Crippen LogP contribution in [0.25, 0.3) is 0 Å². The van der Waals surface area contributed by atoms with Crippen LogP contribution in [0.4, 0.5) is 5.69 Å². The average molecular weight is 267 g/mol. The summed E-state index contributed by atoms with van der Waals surface area (Å²) in [5, 5.41) is 3.68. The summed E-state index contributed by atoms with van der Waals surface area (Å²) < 4.78 is 5.50. The van der Waals surface area contributed by atoms with Crippen LogP contribution in [0.5, 0.6) is 5.75 Å². The van der Waals surface area contributed by atoms with E-state index in [1.807, 2.05) is 6.92 Å². The van der Waals surface area contributed by atoms with Crippen molar-refractivity contribution in [2.24, 2.45) is 0 Å². The molecule has 0 saturated carbocycles. The standard InChI is InChI=1S/C18H21NO/c1-3-13-6-5-7-15-12-17(19-18(13)15)14-8-10-16(11-9-14)20-4-2/h5-11,17,19H,3-4,12H2,1-2H3. The van der Waals surface area contributed by atoms with Crippen LogP contribution in [0.3, 0.4) is 0 Å². The summed E-state index contributed by atoms with van der Waals surface area (Å²) in [7, 11) is 0. The summed E-state index contributed by atoms with van der Waals surface area (Å²) in [5.74, 6) is 0.945. The monoisotopic (exact) mass is 267 g/mol. The fourth-order valence-electron chi connectivity index (χ4n) is 2.91. The summed E-state index contributed by atoms with van der Waals surface area (Å²) in [4.78, 5) is 0. The maximum atomic E-state index is 5.50. The zero-order valence-electron chi connectivity index (χ0n) is 12.1. The molecule has 2 aromatic rings. The van der Waals surface area contributed by atoms with Crippen molar-refractivity contribution in [1.82, 2.24) is 0 Å². The smallest absolute Gasteiger partial charge is 0.119 e. The Morgan fingerprint density at radius 2 is 1.90 bits per heavy atom. The number of rotatable bonds is 4. The molecular formula is C18H21NO. The lowest BCUT2D eigenvalue weighted by molar-refractivity contribution is 0.340. The molecule has 1 heterocycles. The van der Waals surface area contributed by atoms with E-state index in [1.165, 1.54) is 22.4 Å². The number of anilines is 1. The van der Waals surface area contributed by atoms with Gasteiger partial charge in [-0.3, -0.25) is 0 Å². The summed E-state index contributed by atoms with van der Waals surface area (Å²) >= 11 is 0. The maximum absolute atomic E-state index is 5.50. The average Bonchev–Trinajstić information content (AvgIpc) is 2.92. The molecule has 0 amide bonds. The third-order valence-electron chi connectivity index (χ3n) is 3.95. The predicted molar refractivity (Wildman–Crippen MR) is 83.5 cm³/mol. The molecule has 1 atom stereocenters. The Kier molecular flexibility index (Phi) is 3.64. The van der Waals surface area contributed by atoms with Crippen LogP contribution >= 0.6 is 0 Å². The molecule has 2 heteroatoms. The maximum Gasteiger partial charge on any atom is 0.119 e. The van der Waals surface area contributed by atoms with Gasteiger partial charge in [0.15, 0.2) is 0 Å². The number of hydrogen-bond donors (Lipinski definition) is 1. The molecule has 3 rings (SSSR count). The third kappa shape index (κ3) is 2.38. The van der Waals surface area contributed by atoms with E-state index in [2.05, 4.69) is 54.7 Å². The van der Waals surface area contributed by atoms with Crippen LogP contribution < -0.4 is 10.1 Å². The second kappa shape index (κ2) is 5.58. The number of nitrogens with one attached hydrogen (secondary N) is 1. The molecule has 2 nitrogen and oxygen atoms in total. The van der Waals surface area contributed by atoms with Crippen molar-refractivity contribution in [2.75, 3.05) is 11.9 Å². The highest BCUT2D eigenvalue weighted by Gasteiger charge is 2.23. The molecule has 2 aromatic carbocycles. The van der Waals surface area contributed by atoms with Gasteiger partial charge in [0.25, 0.3) is 0 Å². The molecular weight excluding hydrogens is 246 g/mol. The Hall–Kier alpha value is -1.96. The molecule has 0 radical (unpaired) electrons. The fourth-order valence-corrected chi connectivity index (χ4v) is 2.91. The SMILES string of the molecule is CCOc1ccc(C2Cc3cccc(CC)c3N2)cc1. The largest absolute Gasteiger partial charge is 0.494 e. The van der Waals surface area contributed by atoms with Gasteiger partial charge in [-0.2, -0.15) is 0 Å². The molecule has 0 aromatic heterocycles. The van der Waals surface area contributed by atoms with Gasteiger partial charge in [-0.05, 0) is 48.6 Å². The first-order valence-corrected chi connectivity index (χ1v) is 7.42. The second-order valence-corrected chi connectivity index (χ2v) is 5.21. The lowest BCUT2D eigenvalue weighted by Crippen LogP contribution is -2.06. The van der Waals surface area contributed by atoms with Gasteiger partial charge in [-0.15, -0.1) is 0 Å². The van der Waals surface area contributed by atoms with Crippen LogP contribution in [0.15, 0.2) is 42.5 Å². The number of aryl methyl sites for hydroxylation is 1. The van der Waals surface area contributed by atoms with Gasteiger partial charge < -0.3 is 10.1 Å². The van der Waals surface area contributed by atoms with E-state index in [9.17, 15) is 0 Å². The zero-order valence-corrected chi connectivity index (χ0v) is 12.1. The van der Waals surface area contributed by atoms with Crippen LogP contribution in [-0.2, 0) is 12.8 Å². The molecule has 1 aliphatic heterocycles. The first-order chi connectivity index (χ1) is 9.81. The quantitative estimate of drug-likeness (QED) is 0.888. The minimum atomic E-state index is 0.383. The highest BCUT2D eigenvalue weighted by Crippen LogP contribution is 2.37. The molecule has 0 spiro atoms. The lowest BCUT2D eigenvalue weighted by atomic mass is 10.0. The minimum Gasteiger partial charge on any atom is -0.494 e. The van der Waals surface area contributed by atoms with E-state index < -0.39 is 0 Å². The lowest BCUT2D eigenvalue weighted by Gasteiger charge is -2.13. The van der Waals surface area contributed by atoms with Crippen molar-refractivity contribution < 1.29 is 4.74 Å². The van der Waals surface area contributed by atoms with Crippen molar-refractivity contribution in [3.63, 3.8) is 0 Å². The molecule has 0 fully saturated rings. The van der Waals surface area contributed by atoms with E-state index in [4.69, 9.17) is 4.74 Å².